The molecule has 0 radical (unpaired) electrons. The maximum Gasteiger partial charge on any atom is 0.178 e. The summed E-state index contributed by atoms with van der Waals surface area (Å²) in [7, 11) is 0. The second kappa shape index (κ2) is 5.08. The molecule has 1 heterocycles. The Morgan fingerprint density at radius 1 is 1.32 bits per heavy atom. The number of rotatable bonds is 2. The third kappa shape index (κ3) is 2.34. The summed E-state index contributed by atoms with van der Waals surface area (Å²) >= 11 is 5.43. The zero-order chi connectivity index (χ0) is 13.4. The maximum atomic E-state index is 13.5. The van der Waals surface area contributed by atoms with Crippen LogP contribution in [0.25, 0.3) is 11.0 Å². The van der Waals surface area contributed by atoms with Crippen LogP contribution in [-0.4, -0.2) is 9.55 Å². The first-order valence-electron chi connectivity index (χ1n) is 7.06. The fourth-order valence-electron chi connectivity index (χ4n) is 3.33. The molecule has 1 fully saturated rings. The SMILES string of the molecule is CC(C1CCCCC1)n1c(=S)[nH]c2ccc(F)cc21. The highest BCUT2D eigenvalue weighted by Crippen LogP contribution is 2.34. The molecule has 102 valence electrons. The van der Waals surface area contributed by atoms with Gasteiger partial charge in [-0.3, -0.25) is 0 Å². The molecule has 2 aromatic rings. The Morgan fingerprint density at radius 3 is 2.79 bits per heavy atom. The lowest BCUT2D eigenvalue weighted by molar-refractivity contribution is 0.266. The molecule has 3 rings (SSSR count). The molecule has 0 bridgehead atoms. The smallest absolute Gasteiger partial charge is 0.178 e. The van der Waals surface area contributed by atoms with E-state index in [0.29, 0.717) is 16.7 Å². The van der Waals surface area contributed by atoms with Crippen molar-refractivity contribution in [2.75, 3.05) is 0 Å². The van der Waals surface area contributed by atoms with Crippen LogP contribution >= 0.6 is 12.2 Å². The molecule has 0 amide bonds. The minimum atomic E-state index is -0.203. The molecule has 0 saturated heterocycles. The van der Waals surface area contributed by atoms with Crippen LogP contribution in [0.4, 0.5) is 4.39 Å². The van der Waals surface area contributed by atoms with Gasteiger partial charge < -0.3 is 9.55 Å². The molecule has 1 unspecified atom stereocenters. The Hall–Kier alpha value is -1.16. The largest absolute Gasteiger partial charge is 0.331 e. The summed E-state index contributed by atoms with van der Waals surface area (Å²) in [6, 6.07) is 5.16. The normalized spacial score (nSPS) is 18.8. The summed E-state index contributed by atoms with van der Waals surface area (Å²) in [5, 5.41) is 0. The van der Waals surface area contributed by atoms with Gasteiger partial charge in [0.25, 0.3) is 0 Å². The van der Waals surface area contributed by atoms with Crippen LogP contribution in [0.15, 0.2) is 18.2 Å². The molecule has 19 heavy (non-hydrogen) atoms. The van der Waals surface area contributed by atoms with E-state index < -0.39 is 0 Å². The summed E-state index contributed by atoms with van der Waals surface area (Å²) < 4.78 is 16.3. The fourth-order valence-corrected chi connectivity index (χ4v) is 3.70. The molecule has 0 spiro atoms. The summed E-state index contributed by atoms with van der Waals surface area (Å²) in [5.41, 5.74) is 1.82. The van der Waals surface area contributed by atoms with Crippen molar-refractivity contribution in [2.45, 2.75) is 45.1 Å². The number of aromatic amines is 1. The van der Waals surface area contributed by atoms with Crippen LogP contribution < -0.4 is 0 Å². The van der Waals surface area contributed by atoms with Gasteiger partial charge in [-0.2, -0.15) is 0 Å². The number of fused-ring (bicyclic) bond motifs is 1. The number of nitrogens with one attached hydrogen (secondary N) is 1. The molecule has 1 aromatic carbocycles. The Kier molecular flexibility index (Phi) is 3.44. The molecule has 2 nitrogen and oxygen atoms in total. The zero-order valence-corrected chi connectivity index (χ0v) is 12.0. The first kappa shape index (κ1) is 12.9. The van der Waals surface area contributed by atoms with Crippen molar-refractivity contribution in [1.82, 2.24) is 9.55 Å². The quantitative estimate of drug-likeness (QED) is 0.768. The van der Waals surface area contributed by atoms with Crippen LogP contribution in [0, 0.1) is 16.5 Å². The van der Waals surface area contributed by atoms with Crippen molar-refractivity contribution in [2.24, 2.45) is 5.92 Å². The molecule has 1 aliphatic rings. The van der Waals surface area contributed by atoms with Gasteiger partial charge in [0, 0.05) is 6.04 Å². The van der Waals surface area contributed by atoms with Gasteiger partial charge >= 0.3 is 0 Å². The molecule has 0 aliphatic heterocycles. The van der Waals surface area contributed by atoms with Gasteiger partial charge in [0.1, 0.15) is 5.82 Å². The number of halogens is 1. The van der Waals surface area contributed by atoms with Crippen LogP contribution in [0.1, 0.15) is 45.1 Å². The van der Waals surface area contributed by atoms with E-state index in [2.05, 4.69) is 16.5 Å². The first-order valence-corrected chi connectivity index (χ1v) is 7.47. The van der Waals surface area contributed by atoms with Gasteiger partial charge in [-0.25, -0.2) is 4.39 Å². The predicted molar refractivity (Wildman–Crippen MR) is 78.4 cm³/mol. The minimum absolute atomic E-state index is 0.203. The third-order valence-electron chi connectivity index (χ3n) is 4.42. The Labute approximate surface area is 117 Å². The lowest BCUT2D eigenvalue weighted by Crippen LogP contribution is -2.19. The van der Waals surface area contributed by atoms with Gasteiger partial charge in [0.2, 0.25) is 0 Å². The average Bonchev–Trinajstić information content (AvgIpc) is 2.74. The second-order valence-electron chi connectivity index (χ2n) is 5.60. The Bertz CT molecular complexity index is 637. The summed E-state index contributed by atoms with van der Waals surface area (Å²) in [4.78, 5) is 3.19. The molecule has 1 N–H and O–H groups in total. The van der Waals surface area contributed by atoms with Crippen LogP contribution in [0.3, 0.4) is 0 Å². The predicted octanol–water partition coefficient (Wildman–Crippen LogP) is 4.98. The van der Waals surface area contributed by atoms with Crippen molar-refractivity contribution >= 4 is 23.3 Å². The number of hydrogen-bond donors (Lipinski definition) is 1. The summed E-state index contributed by atoms with van der Waals surface area (Å²) in [6.45, 7) is 2.21. The van der Waals surface area contributed by atoms with Crippen molar-refractivity contribution < 1.29 is 4.39 Å². The molecule has 1 saturated carbocycles. The van der Waals surface area contributed by atoms with Crippen molar-refractivity contribution in [3.05, 3.63) is 28.8 Å². The molecule has 4 heteroatoms. The highest BCUT2D eigenvalue weighted by molar-refractivity contribution is 7.71. The van der Waals surface area contributed by atoms with Gasteiger partial charge in [0.15, 0.2) is 4.77 Å². The van der Waals surface area contributed by atoms with Gasteiger partial charge in [-0.05, 0) is 56.1 Å². The second-order valence-corrected chi connectivity index (χ2v) is 5.99. The van der Waals surface area contributed by atoms with Gasteiger partial charge in [-0.15, -0.1) is 0 Å². The van der Waals surface area contributed by atoms with Crippen molar-refractivity contribution in [3.8, 4) is 0 Å². The average molecular weight is 278 g/mol. The Balaban J connectivity index is 2.05. The highest BCUT2D eigenvalue weighted by Gasteiger charge is 2.23. The van der Waals surface area contributed by atoms with E-state index in [1.807, 2.05) is 0 Å². The first-order chi connectivity index (χ1) is 9.16. The number of imidazole rings is 1. The molecular formula is C15H19FN2S. The van der Waals surface area contributed by atoms with Crippen LogP contribution in [-0.2, 0) is 0 Å². The fraction of sp³-hybridized carbons (Fsp3) is 0.533. The number of benzene rings is 1. The standard InChI is InChI=1S/C15H19FN2S/c1-10(11-5-3-2-4-6-11)18-14-9-12(16)7-8-13(14)17-15(18)19/h7-11H,2-6H2,1H3,(H,17,19). The lowest BCUT2D eigenvalue weighted by atomic mass is 9.84. The van der Waals surface area contributed by atoms with E-state index >= 15 is 0 Å². The monoisotopic (exact) mass is 278 g/mol. The topological polar surface area (TPSA) is 20.7 Å². The van der Waals surface area contributed by atoms with Crippen LogP contribution in [0.2, 0.25) is 0 Å². The number of aromatic nitrogens is 2. The van der Waals surface area contributed by atoms with Gasteiger partial charge in [0.05, 0.1) is 11.0 Å². The highest BCUT2D eigenvalue weighted by atomic mass is 32.1. The lowest BCUT2D eigenvalue weighted by Gasteiger charge is -2.29. The maximum absolute atomic E-state index is 13.5. The van der Waals surface area contributed by atoms with E-state index in [-0.39, 0.29) is 5.82 Å². The summed E-state index contributed by atoms with van der Waals surface area (Å²) in [5.74, 6) is 0.453. The molecule has 1 atom stereocenters. The van der Waals surface area contributed by atoms with E-state index in [9.17, 15) is 4.39 Å². The molecule has 1 aliphatic carbocycles. The molecule has 1 aromatic heterocycles. The van der Waals surface area contributed by atoms with E-state index in [1.165, 1.54) is 38.2 Å². The molecular weight excluding hydrogens is 259 g/mol. The van der Waals surface area contributed by atoms with Gasteiger partial charge in [-0.1, -0.05) is 19.3 Å². The van der Waals surface area contributed by atoms with Crippen molar-refractivity contribution in [1.29, 1.82) is 0 Å². The number of H-pyrrole nitrogens is 1. The Morgan fingerprint density at radius 2 is 2.05 bits per heavy atom. The zero-order valence-electron chi connectivity index (χ0n) is 11.2. The number of hydrogen-bond acceptors (Lipinski definition) is 1. The summed E-state index contributed by atoms with van der Waals surface area (Å²) in [6.07, 6.45) is 6.46. The van der Waals surface area contributed by atoms with Crippen LogP contribution in [0.5, 0.6) is 0 Å². The number of nitrogens with zero attached hydrogens (tertiary/aromatic N) is 1. The van der Waals surface area contributed by atoms with Crippen molar-refractivity contribution in [3.63, 3.8) is 0 Å². The van der Waals surface area contributed by atoms with E-state index in [1.54, 1.807) is 12.1 Å². The van der Waals surface area contributed by atoms with E-state index in [0.717, 1.165) is 11.0 Å². The van der Waals surface area contributed by atoms with E-state index in [4.69, 9.17) is 12.2 Å². The minimum Gasteiger partial charge on any atom is -0.331 e. The third-order valence-corrected chi connectivity index (χ3v) is 4.72.